The number of piperidine rings is 1. The summed E-state index contributed by atoms with van der Waals surface area (Å²) in [6.45, 7) is 7.52. The minimum atomic E-state index is -3.51. The van der Waals surface area contributed by atoms with E-state index >= 15 is 0 Å². The molecule has 6 heteroatoms. The van der Waals surface area contributed by atoms with Gasteiger partial charge < -0.3 is 4.90 Å². The minimum Gasteiger partial charge on any atom is -0.339 e. The lowest BCUT2D eigenvalue weighted by atomic mass is 9.96. The molecule has 0 aromatic heterocycles. The monoisotopic (exact) mass is 404 g/mol. The van der Waals surface area contributed by atoms with Crippen LogP contribution < -0.4 is 0 Å². The van der Waals surface area contributed by atoms with E-state index in [1.165, 1.54) is 12.8 Å². The molecule has 1 amide bonds. The normalized spacial score (nSPS) is 21.7. The van der Waals surface area contributed by atoms with Crippen molar-refractivity contribution in [2.24, 2.45) is 11.8 Å². The van der Waals surface area contributed by atoms with Crippen molar-refractivity contribution in [1.82, 2.24) is 9.21 Å². The number of carbonyl (C=O) groups is 1. The highest BCUT2D eigenvalue weighted by molar-refractivity contribution is 7.89. The van der Waals surface area contributed by atoms with Crippen LogP contribution in [0.25, 0.3) is 0 Å². The second kappa shape index (κ2) is 7.45. The first-order chi connectivity index (χ1) is 13.3. The second-order valence-electron chi connectivity index (χ2n) is 9.07. The van der Waals surface area contributed by atoms with Crippen LogP contribution in [0.4, 0.5) is 0 Å². The summed E-state index contributed by atoms with van der Waals surface area (Å²) in [5, 5.41) is 0. The van der Waals surface area contributed by atoms with Crippen molar-refractivity contribution in [3.05, 3.63) is 28.8 Å². The van der Waals surface area contributed by atoms with E-state index in [1.807, 2.05) is 32.9 Å². The lowest BCUT2D eigenvalue weighted by Gasteiger charge is -2.34. The van der Waals surface area contributed by atoms with Crippen LogP contribution in [0.15, 0.2) is 17.0 Å². The summed E-state index contributed by atoms with van der Waals surface area (Å²) in [5.41, 5.74) is 2.69. The molecule has 3 aliphatic rings. The van der Waals surface area contributed by atoms with Gasteiger partial charge in [0.1, 0.15) is 0 Å². The van der Waals surface area contributed by atoms with Gasteiger partial charge in [-0.1, -0.05) is 17.7 Å². The van der Waals surface area contributed by atoms with Crippen LogP contribution in [-0.2, 0) is 14.8 Å². The third-order valence-electron chi connectivity index (χ3n) is 6.43. The first-order valence-electron chi connectivity index (χ1n) is 10.7. The Morgan fingerprint density at radius 1 is 1.00 bits per heavy atom. The van der Waals surface area contributed by atoms with Crippen molar-refractivity contribution >= 4 is 15.9 Å². The van der Waals surface area contributed by atoms with E-state index in [2.05, 4.69) is 4.90 Å². The van der Waals surface area contributed by atoms with Crippen molar-refractivity contribution < 1.29 is 13.2 Å². The zero-order valence-corrected chi connectivity index (χ0v) is 18.1. The highest BCUT2D eigenvalue weighted by Gasteiger charge is 2.41. The lowest BCUT2D eigenvalue weighted by molar-refractivity contribution is -0.137. The molecule has 1 heterocycles. The van der Waals surface area contributed by atoms with Crippen molar-refractivity contribution in [2.75, 3.05) is 19.6 Å². The number of amides is 1. The Bertz CT molecular complexity index is 841. The van der Waals surface area contributed by atoms with E-state index in [9.17, 15) is 13.2 Å². The average molecular weight is 405 g/mol. The third-order valence-corrected chi connectivity index (χ3v) is 8.63. The summed E-state index contributed by atoms with van der Waals surface area (Å²) < 4.78 is 28.1. The van der Waals surface area contributed by atoms with Gasteiger partial charge in [0.15, 0.2) is 0 Å². The van der Waals surface area contributed by atoms with Crippen LogP contribution in [0.3, 0.4) is 0 Å². The quantitative estimate of drug-likeness (QED) is 0.730. The Morgan fingerprint density at radius 2 is 1.57 bits per heavy atom. The fourth-order valence-electron chi connectivity index (χ4n) is 4.66. The average Bonchev–Trinajstić information content (AvgIpc) is 3.52. The zero-order chi connectivity index (χ0) is 20.1. The third kappa shape index (κ3) is 3.99. The van der Waals surface area contributed by atoms with E-state index in [0.29, 0.717) is 42.8 Å². The number of hydrogen-bond donors (Lipinski definition) is 0. The van der Waals surface area contributed by atoms with Crippen molar-refractivity contribution in [1.29, 1.82) is 0 Å². The van der Waals surface area contributed by atoms with Crippen molar-refractivity contribution in [2.45, 2.75) is 70.2 Å². The summed E-state index contributed by atoms with van der Waals surface area (Å²) >= 11 is 0. The van der Waals surface area contributed by atoms with Crippen LogP contribution in [0, 0.1) is 32.6 Å². The number of aryl methyl sites for hydroxylation is 3. The highest BCUT2D eigenvalue weighted by atomic mass is 32.2. The highest BCUT2D eigenvalue weighted by Crippen LogP contribution is 2.37. The van der Waals surface area contributed by atoms with E-state index in [4.69, 9.17) is 0 Å². The van der Waals surface area contributed by atoms with Crippen LogP contribution in [0.2, 0.25) is 0 Å². The fraction of sp³-hybridized carbons (Fsp3) is 0.682. The predicted molar refractivity (Wildman–Crippen MR) is 110 cm³/mol. The van der Waals surface area contributed by atoms with Crippen LogP contribution in [-0.4, -0.2) is 49.2 Å². The maximum atomic E-state index is 13.3. The SMILES string of the molecule is Cc1cc(C)c(S(=O)(=O)N2CCC(C(=O)N(CC3CC3)C3CC3)CC2)c(C)c1. The van der Waals surface area contributed by atoms with Crippen LogP contribution in [0.5, 0.6) is 0 Å². The number of sulfonamides is 1. The van der Waals surface area contributed by atoms with Gasteiger partial charge in [-0.15, -0.1) is 0 Å². The summed E-state index contributed by atoms with van der Waals surface area (Å²) in [6, 6.07) is 4.32. The Kier molecular flexibility index (Phi) is 5.29. The molecule has 0 spiro atoms. The van der Waals surface area contributed by atoms with E-state index in [1.54, 1.807) is 4.31 Å². The molecule has 1 aromatic rings. The molecule has 4 rings (SSSR count). The molecule has 154 valence electrons. The number of hydrogen-bond acceptors (Lipinski definition) is 3. The number of carbonyl (C=O) groups excluding carboxylic acids is 1. The Morgan fingerprint density at radius 3 is 2.07 bits per heavy atom. The summed E-state index contributed by atoms with van der Waals surface area (Å²) in [7, 11) is -3.51. The van der Waals surface area contributed by atoms with Gasteiger partial charge in [-0.25, -0.2) is 8.42 Å². The maximum absolute atomic E-state index is 13.3. The molecule has 0 atom stereocenters. The molecule has 0 N–H and O–H groups in total. The summed E-state index contributed by atoms with van der Waals surface area (Å²) in [5.74, 6) is 0.956. The Labute approximate surface area is 169 Å². The molecular weight excluding hydrogens is 372 g/mol. The molecule has 1 saturated heterocycles. The lowest BCUT2D eigenvalue weighted by Crippen LogP contribution is -2.45. The Balaban J connectivity index is 1.44. The first-order valence-corrected chi connectivity index (χ1v) is 12.1. The standard InChI is InChI=1S/C22H32N2O3S/c1-15-12-16(2)21(17(3)13-15)28(26,27)23-10-8-19(9-11-23)22(25)24(20-6-7-20)14-18-4-5-18/h12-13,18-20H,4-11,14H2,1-3H3. The van der Waals surface area contributed by atoms with Crippen molar-refractivity contribution in [3.8, 4) is 0 Å². The zero-order valence-electron chi connectivity index (χ0n) is 17.3. The molecule has 5 nitrogen and oxygen atoms in total. The molecule has 2 aliphatic carbocycles. The number of benzene rings is 1. The predicted octanol–water partition coefficient (Wildman–Crippen LogP) is 3.41. The number of rotatable bonds is 6. The molecule has 28 heavy (non-hydrogen) atoms. The van der Waals surface area contributed by atoms with Gasteiger partial charge in [0.25, 0.3) is 0 Å². The van der Waals surface area contributed by atoms with E-state index in [-0.39, 0.29) is 11.8 Å². The molecule has 1 aromatic carbocycles. The molecule has 0 bridgehead atoms. The van der Waals surface area contributed by atoms with Gasteiger partial charge in [0.05, 0.1) is 4.90 Å². The van der Waals surface area contributed by atoms with E-state index < -0.39 is 10.0 Å². The summed E-state index contributed by atoms with van der Waals surface area (Å²) in [4.78, 5) is 15.6. The van der Waals surface area contributed by atoms with Crippen molar-refractivity contribution in [3.63, 3.8) is 0 Å². The molecule has 3 fully saturated rings. The van der Waals surface area contributed by atoms with Gasteiger partial charge in [-0.2, -0.15) is 4.31 Å². The van der Waals surface area contributed by atoms with Gasteiger partial charge >= 0.3 is 0 Å². The smallest absolute Gasteiger partial charge is 0.243 e. The van der Waals surface area contributed by atoms with Crippen LogP contribution >= 0.6 is 0 Å². The topological polar surface area (TPSA) is 57.7 Å². The molecule has 0 unspecified atom stereocenters. The van der Waals surface area contributed by atoms with Gasteiger partial charge in [-0.05, 0) is 76.3 Å². The maximum Gasteiger partial charge on any atom is 0.243 e. The first kappa shape index (κ1) is 19.9. The minimum absolute atomic E-state index is 0.0222. The Hall–Kier alpha value is -1.40. The molecular formula is C22H32N2O3S. The molecule has 1 aliphatic heterocycles. The molecule has 2 saturated carbocycles. The van der Waals surface area contributed by atoms with Gasteiger partial charge in [0, 0.05) is 31.6 Å². The second-order valence-corrected chi connectivity index (χ2v) is 10.9. The number of nitrogens with zero attached hydrogens (tertiary/aromatic N) is 2. The summed E-state index contributed by atoms with van der Waals surface area (Å²) in [6.07, 6.45) is 6.05. The van der Waals surface area contributed by atoms with Gasteiger partial charge in [-0.3, -0.25) is 4.79 Å². The van der Waals surface area contributed by atoms with Gasteiger partial charge in [0.2, 0.25) is 15.9 Å². The molecule has 0 radical (unpaired) electrons. The fourth-order valence-corrected chi connectivity index (χ4v) is 6.55. The van der Waals surface area contributed by atoms with E-state index in [0.717, 1.165) is 36.1 Å². The largest absolute Gasteiger partial charge is 0.339 e. The van der Waals surface area contributed by atoms with Crippen LogP contribution in [0.1, 0.15) is 55.2 Å².